The van der Waals surface area contributed by atoms with Gasteiger partial charge < -0.3 is 21.3 Å². The van der Waals surface area contributed by atoms with Crippen molar-refractivity contribution in [1.82, 2.24) is 15.6 Å². The monoisotopic (exact) mass is 395 g/mol. The molecule has 154 valence electrons. The number of carbonyl (C=O) groups excluding carboxylic acids is 2. The molecule has 1 fully saturated rings. The second-order valence-electron chi connectivity index (χ2n) is 7.56. The molecule has 0 radical (unpaired) electrons. The molecule has 1 aromatic heterocycles. The molecule has 1 aromatic carbocycles. The van der Waals surface area contributed by atoms with E-state index < -0.39 is 0 Å². The molecule has 1 aliphatic heterocycles. The molecule has 4 N–H and O–H groups in total. The van der Waals surface area contributed by atoms with E-state index in [0.29, 0.717) is 36.2 Å². The Hall–Kier alpha value is -2.93. The number of pyridine rings is 1. The minimum Gasteiger partial charge on any atom is -0.334 e. The van der Waals surface area contributed by atoms with Gasteiger partial charge in [0, 0.05) is 36.7 Å². The molecule has 0 spiro atoms. The smallest absolute Gasteiger partial charge is 0.319 e. The van der Waals surface area contributed by atoms with Crippen LogP contribution in [-0.2, 0) is 11.3 Å². The molecule has 3 rings (SSSR count). The third-order valence-electron chi connectivity index (χ3n) is 5.30. The molecule has 2 heterocycles. The van der Waals surface area contributed by atoms with Gasteiger partial charge in [0.2, 0.25) is 5.91 Å². The maximum atomic E-state index is 12.4. The number of piperidine rings is 1. The highest BCUT2D eigenvalue weighted by Gasteiger charge is 2.22. The molecule has 1 atom stereocenters. The molecular weight excluding hydrogens is 366 g/mol. The van der Waals surface area contributed by atoms with E-state index in [0.717, 1.165) is 31.5 Å². The number of hydrogen-bond acceptors (Lipinski definition) is 4. The Morgan fingerprint density at radius 1 is 1.10 bits per heavy atom. The Kier molecular flexibility index (Phi) is 7.58. The first kappa shape index (κ1) is 20.8. The number of carbonyl (C=O) groups is 2. The highest BCUT2D eigenvalue weighted by Crippen LogP contribution is 2.25. The fraction of sp³-hybridized carbons (Fsp3) is 0.409. The van der Waals surface area contributed by atoms with Crippen LogP contribution in [0.2, 0.25) is 0 Å². The van der Waals surface area contributed by atoms with Crippen LogP contribution in [0, 0.1) is 11.8 Å². The topological polar surface area (TPSA) is 95.2 Å². The molecule has 7 nitrogen and oxygen atoms in total. The van der Waals surface area contributed by atoms with Crippen molar-refractivity contribution >= 4 is 23.3 Å². The number of urea groups is 1. The lowest BCUT2D eigenvalue weighted by atomic mass is 9.84. The van der Waals surface area contributed by atoms with Crippen molar-refractivity contribution in [2.75, 3.05) is 23.7 Å². The van der Waals surface area contributed by atoms with E-state index in [1.165, 1.54) is 0 Å². The Balaban J connectivity index is 1.47. The van der Waals surface area contributed by atoms with Crippen molar-refractivity contribution in [2.45, 2.75) is 32.7 Å². The van der Waals surface area contributed by atoms with Crippen molar-refractivity contribution < 1.29 is 9.59 Å². The average molecular weight is 396 g/mol. The van der Waals surface area contributed by atoms with Gasteiger partial charge in [0.15, 0.2) is 0 Å². The first-order valence-corrected chi connectivity index (χ1v) is 10.1. The number of rotatable bonds is 7. The van der Waals surface area contributed by atoms with Gasteiger partial charge in [0.05, 0.1) is 0 Å². The highest BCUT2D eigenvalue weighted by atomic mass is 16.2. The minimum atomic E-state index is -0.301. The van der Waals surface area contributed by atoms with E-state index in [1.807, 2.05) is 24.3 Å². The van der Waals surface area contributed by atoms with Crippen molar-refractivity contribution in [2.24, 2.45) is 11.8 Å². The van der Waals surface area contributed by atoms with Gasteiger partial charge in [-0.1, -0.05) is 13.0 Å². The zero-order chi connectivity index (χ0) is 20.5. The van der Waals surface area contributed by atoms with E-state index in [9.17, 15) is 9.59 Å². The Morgan fingerprint density at radius 2 is 1.79 bits per heavy atom. The molecular formula is C22H29N5O2. The van der Waals surface area contributed by atoms with Gasteiger partial charge in [0.25, 0.3) is 0 Å². The summed E-state index contributed by atoms with van der Waals surface area (Å²) in [6.45, 7) is 4.64. The molecule has 3 amide bonds. The average Bonchev–Trinajstić information content (AvgIpc) is 2.74. The van der Waals surface area contributed by atoms with Crippen LogP contribution in [0.4, 0.5) is 16.2 Å². The van der Waals surface area contributed by atoms with Crippen molar-refractivity contribution in [1.29, 1.82) is 0 Å². The fourth-order valence-electron chi connectivity index (χ4n) is 3.62. The zero-order valence-electron chi connectivity index (χ0n) is 16.8. The van der Waals surface area contributed by atoms with E-state index in [2.05, 4.69) is 33.2 Å². The molecule has 0 saturated carbocycles. The van der Waals surface area contributed by atoms with Crippen LogP contribution < -0.4 is 21.3 Å². The number of amides is 3. The van der Waals surface area contributed by atoms with E-state index >= 15 is 0 Å². The summed E-state index contributed by atoms with van der Waals surface area (Å²) in [6.07, 6.45) is 6.14. The van der Waals surface area contributed by atoms with Gasteiger partial charge in [-0.15, -0.1) is 0 Å². The fourth-order valence-corrected chi connectivity index (χ4v) is 3.62. The summed E-state index contributed by atoms with van der Waals surface area (Å²) < 4.78 is 0. The number of aromatic nitrogens is 1. The lowest BCUT2D eigenvalue weighted by Gasteiger charge is -2.27. The van der Waals surface area contributed by atoms with Crippen LogP contribution >= 0.6 is 0 Å². The predicted octanol–water partition coefficient (Wildman–Crippen LogP) is 3.37. The molecule has 0 aliphatic carbocycles. The maximum Gasteiger partial charge on any atom is 0.319 e. The Labute approximate surface area is 171 Å². The van der Waals surface area contributed by atoms with Gasteiger partial charge in [-0.3, -0.25) is 9.78 Å². The molecule has 1 saturated heterocycles. The second kappa shape index (κ2) is 10.6. The summed E-state index contributed by atoms with van der Waals surface area (Å²) >= 11 is 0. The number of nitrogens with one attached hydrogen (secondary N) is 4. The summed E-state index contributed by atoms with van der Waals surface area (Å²) in [7, 11) is 0. The molecule has 0 bridgehead atoms. The van der Waals surface area contributed by atoms with Gasteiger partial charge in [0.1, 0.15) is 0 Å². The number of benzene rings is 1. The van der Waals surface area contributed by atoms with E-state index in [4.69, 9.17) is 0 Å². The van der Waals surface area contributed by atoms with E-state index in [1.54, 1.807) is 24.5 Å². The van der Waals surface area contributed by atoms with Gasteiger partial charge in [-0.2, -0.15) is 0 Å². The third-order valence-corrected chi connectivity index (χ3v) is 5.30. The standard InChI is InChI=1S/C22H29N5O2/c1-16(18-7-11-24-12-8-18)13-21(28)26-19-3-2-4-20(14-19)27-22(29)25-15-17-5-9-23-10-6-17/h2-6,9-10,14,16,18,24H,7-8,11-13,15H2,1H3,(H,26,28)(H2,25,27,29). The number of nitrogens with zero attached hydrogens (tertiary/aromatic N) is 1. The largest absolute Gasteiger partial charge is 0.334 e. The van der Waals surface area contributed by atoms with Crippen LogP contribution in [-0.4, -0.2) is 30.0 Å². The van der Waals surface area contributed by atoms with Crippen molar-refractivity contribution in [3.05, 3.63) is 54.4 Å². The summed E-state index contributed by atoms with van der Waals surface area (Å²) in [5.41, 5.74) is 2.28. The van der Waals surface area contributed by atoms with Gasteiger partial charge in [-0.05, 0) is 73.7 Å². The minimum absolute atomic E-state index is 0.00956. The van der Waals surface area contributed by atoms with Crippen molar-refractivity contribution in [3.63, 3.8) is 0 Å². The number of anilines is 2. The summed E-state index contributed by atoms with van der Waals surface area (Å²) in [6, 6.07) is 10.6. The molecule has 29 heavy (non-hydrogen) atoms. The highest BCUT2D eigenvalue weighted by molar-refractivity contribution is 5.93. The molecule has 1 aliphatic rings. The quantitative estimate of drug-likeness (QED) is 0.578. The van der Waals surface area contributed by atoms with Gasteiger partial charge in [-0.25, -0.2) is 4.79 Å². The lowest BCUT2D eigenvalue weighted by Crippen LogP contribution is -2.32. The van der Waals surface area contributed by atoms with Crippen LogP contribution in [0.1, 0.15) is 31.7 Å². The second-order valence-corrected chi connectivity index (χ2v) is 7.56. The Bertz CT molecular complexity index is 806. The maximum absolute atomic E-state index is 12.4. The molecule has 1 unspecified atom stereocenters. The zero-order valence-corrected chi connectivity index (χ0v) is 16.8. The van der Waals surface area contributed by atoms with Crippen LogP contribution in [0.15, 0.2) is 48.8 Å². The summed E-state index contributed by atoms with van der Waals surface area (Å²) in [5, 5.41) is 11.9. The molecule has 7 heteroatoms. The summed E-state index contributed by atoms with van der Waals surface area (Å²) in [5.74, 6) is 0.965. The van der Waals surface area contributed by atoms with E-state index in [-0.39, 0.29) is 11.9 Å². The lowest BCUT2D eigenvalue weighted by molar-refractivity contribution is -0.117. The van der Waals surface area contributed by atoms with Crippen molar-refractivity contribution in [3.8, 4) is 0 Å². The number of hydrogen-bond donors (Lipinski definition) is 4. The van der Waals surface area contributed by atoms with Crippen LogP contribution in [0.3, 0.4) is 0 Å². The van der Waals surface area contributed by atoms with Crippen LogP contribution in [0.25, 0.3) is 0 Å². The van der Waals surface area contributed by atoms with Gasteiger partial charge >= 0.3 is 6.03 Å². The van der Waals surface area contributed by atoms with Crippen LogP contribution in [0.5, 0.6) is 0 Å². The Morgan fingerprint density at radius 3 is 2.52 bits per heavy atom. The third kappa shape index (κ3) is 6.87. The first-order valence-electron chi connectivity index (χ1n) is 10.1. The predicted molar refractivity (Wildman–Crippen MR) is 115 cm³/mol. The normalized spacial score (nSPS) is 15.3. The SMILES string of the molecule is CC(CC(=O)Nc1cccc(NC(=O)NCc2ccncc2)c1)C1CCNCC1. The summed E-state index contributed by atoms with van der Waals surface area (Å²) in [4.78, 5) is 28.5. The molecule has 2 aromatic rings. The first-order chi connectivity index (χ1) is 14.1.